The van der Waals surface area contributed by atoms with Gasteiger partial charge in [0.1, 0.15) is 0 Å². The van der Waals surface area contributed by atoms with E-state index in [-0.39, 0.29) is 5.41 Å². The maximum atomic E-state index is 8.97. The Morgan fingerprint density at radius 1 is 1.12 bits per heavy atom. The monoisotopic (exact) mass is 346 g/mol. The van der Waals surface area contributed by atoms with E-state index in [0.717, 1.165) is 43.9 Å². The highest BCUT2D eigenvalue weighted by Gasteiger charge is 2.26. The van der Waals surface area contributed by atoms with Gasteiger partial charge in [-0.05, 0) is 55.3 Å². The lowest BCUT2D eigenvalue weighted by atomic mass is 9.76. The molecule has 0 aliphatic heterocycles. The summed E-state index contributed by atoms with van der Waals surface area (Å²) in [6.07, 6.45) is 7.35. The largest absolute Gasteiger partial charge is 0.493 e. The Labute approximate surface area is 153 Å². The van der Waals surface area contributed by atoms with Crippen molar-refractivity contribution in [3.8, 4) is 17.6 Å². The molecule has 0 amide bonds. The highest BCUT2D eigenvalue weighted by molar-refractivity contribution is 5.42. The maximum Gasteiger partial charge on any atom is 0.160 e. The van der Waals surface area contributed by atoms with Crippen molar-refractivity contribution in [3.63, 3.8) is 0 Å². The number of hydrogen-bond acceptors (Lipinski definition) is 4. The molecule has 0 fully saturated rings. The Balaban J connectivity index is 2.56. The molecule has 0 bridgehead atoms. The third-order valence-corrected chi connectivity index (χ3v) is 5.12. The van der Waals surface area contributed by atoms with Crippen LogP contribution in [0.3, 0.4) is 0 Å². The molecule has 1 atom stereocenters. The third kappa shape index (κ3) is 6.96. The average Bonchev–Trinajstić information content (AvgIpc) is 2.66. The van der Waals surface area contributed by atoms with Crippen molar-refractivity contribution in [1.82, 2.24) is 5.32 Å². The van der Waals surface area contributed by atoms with Gasteiger partial charge >= 0.3 is 0 Å². The summed E-state index contributed by atoms with van der Waals surface area (Å²) in [5.74, 6) is 1.54. The van der Waals surface area contributed by atoms with Crippen molar-refractivity contribution < 1.29 is 9.47 Å². The molecule has 4 nitrogen and oxygen atoms in total. The van der Waals surface area contributed by atoms with E-state index in [1.807, 2.05) is 12.1 Å². The quantitative estimate of drug-likeness (QED) is 0.525. The summed E-state index contributed by atoms with van der Waals surface area (Å²) < 4.78 is 10.7. The zero-order valence-electron chi connectivity index (χ0n) is 16.4. The minimum absolute atomic E-state index is 0.253. The molecule has 4 heteroatoms. The number of rotatable bonds is 13. The molecule has 0 spiro atoms. The van der Waals surface area contributed by atoms with E-state index in [1.165, 1.54) is 24.8 Å². The zero-order valence-corrected chi connectivity index (χ0v) is 16.4. The van der Waals surface area contributed by atoms with Gasteiger partial charge in [0.15, 0.2) is 11.5 Å². The summed E-state index contributed by atoms with van der Waals surface area (Å²) in [5, 5.41) is 12.6. The number of benzene rings is 1. The molecule has 140 valence electrons. The van der Waals surface area contributed by atoms with Crippen LogP contribution in [0.4, 0.5) is 0 Å². The van der Waals surface area contributed by atoms with Crippen LogP contribution in [0.15, 0.2) is 18.2 Å². The lowest BCUT2D eigenvalue weighted by Crippen LogP contribution is -2.35. The second kappa shape index (κ2) is 11.8. The summed E-state index contributed by atoms with van der Waals surface area (Å²) >= 11 is 0. The standard InChI is InChI=1S/C21H34N2O2/c1-5-7-12-21(6-2,13-8-14-22)17-23-15-11-18-9-10-19(24-3)20(16-18)25-4/h9-10,16,23H,5-8,11-13,15,17H2,1-4H3. The minimum Gasteiger partial charge on any atom is -0.493 e. The van der Waals surface area contributed by atoms with Gasteiger partial charge in [-0.25, -0.2) is 0 Å². The second-order valence-electron chi connectivity index (χ2n) is 6.73. The molecule has 0 heterocycles. The van der Waals surface area contributed by atoms with E-state index >= 15 is 0 Å². The minimum atomic E-state index is 0.253. The molecule has 0 saturated carbocycles. The predicted octanol–water partition coefficient (Wildman–Crippen LogP) is 4.73. The summed E-state index contributed by atoms with van der Waals surface area (Å²) in [6.45, 7) is 6.40. The van der Waals surface area contributed by atoms with Crippen molar-refractivity contribution in [2.75, 3.05) is 27.3 Å². The van der Waals surface area contributed by atoms with E-state index in [9.17, 15) is 0 Å². The molecule has 1 N–H and O–H groups in total. The van der Waals surface area contributed by atoms with E-state index in [4.69, 9.17) is 14.7 Å². The Bertz CT molecular complexity index is 539. The molecule has 1 rings (SSSR count). The molecule has 0 saturated heterocycles. The van der Waals surface area contributed by atoms with Gasteiger partial charge in [-0.15, -0.1) is 0 Å². The van der Waals surface area contributed by atoms with Gasteiger partial charge in [-0.3, -0.25) is 0 Å². The Kier molecular flexibility index (Phi) is 10.0. The fourth-order valence-corrected chi connectivity index (χ4v) is 3.28. The molecular weight excluding hydrogens is 312 g/mol. The van der Waals surface area contributed by atoms with Gasteiger partial charge < -0.3 is 14.8 Å². The van der Waals surface area contributed by atoms with Crippen LogP contribution in [0.1, 0.15) is 57.9 Å². The Morgan fingerprint density at radius 2 is 1.88 bits per heavy atom. The number of nitrogens with one attached hydrogen (secondary N) is 1. The highest BCUT2D eigenvalue weighted by Crippen LogP contribution is 2.33. The van der Waals surface area contributed by atoms with E-state index < -0.39 is 0 Å². The first-order chi connectivity index (χ1) is 12.1. The molecule has 0 aromatic heterocycles. The van der Waals surface area contributed by atoms with E-state index in [0.29, 0.717) is 6.42 Å². The normalized spacial score (nSPS) is 13.1. The Hall–Kier alpha value is -1.73. The SMILES string of the molecule is CCCCC(CC)(CCC#N)CNCCc1ccc(OC)c(OC)c1. The van der Waals surface area contributed by atoms with Gasteiger partial charge in [0.25, 0.3) is 0 Å². The molecule has 1 aromatic rings. The lowest BCUT2D eigenvalue weighted by molar-refractivity contribution is 0.215. The topological polar surface area (TPSA) is 54.3 Å². The van der Waals surface area contributed by atoms with Crippen molar-refractivity contribution in [2.24, 2.45) is 5.41 Å². The van der Waals surface area contributed by atoms with E-state index in [1.54, 1.807) is 14.2 Å². The molecule has 0 aliphatic rings. The van der Waals surface area contributed by atoms with Gasteiger partial charge in [-0.2, -0.15) is 5.26 Å². The fourth-order valence-electron chi connectivity index (χ4n) is 3.28. The average molecular weight is 347 g/mol. The lowest BCUT2D eigenvalue weighted by Gasteiger charge is -2.33. The first kappa shape index (κ1) is 21.3. The summed E-state index contributed by atoms with van der Waals surface area (Å²) in [5.41, 5.74) is 1.49. The van der Waals surface area contributed by atoms with Crippen LogP contribution >= 0.6 is 0 Å². The summed E-state index contributed by atoms with van der Waals surface area (Å²) in [6, 6.07) is 8.41. The van der Waals surface area contributed by atoms with Crippen LogP contribution in [0.25, 0.3) is 0 Å². The van der Waals surface area contributed by atoms with Crippen LogP contribution in [0, 0.1) is 16.7 Å². The van der Waals surface area contributed by atoms with Gasteiger partial charge in [0.2, 0.25) is 0 Å². The highest BCUT2D eigenvalue weighted by atomic mass is 16.5. The van der Waals surface area contributed by atoms with Gasteiger partial charge in [-0.1, -0.05) is 32.8 Å². The van der Waals surface area contributed by atoms with Crippen LogP contribution in [0.5, 0.6) is 11.5 Å². The molecule has 1 aromatic carbocycles. The van der Waals surface area contributed by atoms with Crippen molar-refractivity contribution in [1.29, 1.82) is 5.26 Å². The number of ether oxygens (including phenoxy) is 2. The predicted molar refractivity (Wildman–Crippen MR) is 103 cm³/mol. The second-order valence-corrected chi connectivity index (χ2v) is 6.73. The van der Waals surface area contributed by atoms with Crippen LogP contribution in [-0.2, 0) is 6.42 Å². The molecular formula is C21H34N2O2. The number of methoxy groups -OCH3 is 2. The molecule has 25 heavy (non-hydrogen) atoms. The van der Waals surface area contributed by atoms with Crippen molar-refractivity contribution in [3.05, 3.63) is 23.8 Å². The molecule has 1 unspecified atom stereocenters. The fraction of sp³-hybridized carbons (Fsp3) is 0.667. The number of nitrogens with zero attached hydrogens (tertiary/aromatic N) is 1. The van der Waals surface area contributed by atoms with Gasteiger partial charge in [0.05, 0.1) is 20.3 Å². The van der Waals surface area contributed by atoms with Crippen molar-refractivity contribution in [2.45, 2.75) is 58.8 Å². The van der Waals surface area contributed by atoms with Gasteiger partial charge in [0, 0.05) is 13.0 Å². The number of nitriles is 1. The van der Waals surface area contributed by atoms with Crippen molar-refractivity contribution >= 4 is 0 Å². The maximum absolute atomic E-state index is 8.97. The smallest absolute Gasteiger partial charge is 0.160 e. The molecule has 0 radical (unpaired) electrons. The van der Waals surface area contributed by atoms with Crippen LogP contribution in [-0.4, -0.2) is 27.3 Å². The number of unbranched alkanes of at least 4 members (excludes halogenated alkanes) is 1. The first-order valence-corrected chi connectivity index (χ1v) is 9.43. The first-order valence-electron chi connectivity index (χ1n) is 9.43. The number of hydrogen-bond donors (Lipinski definition) is 1. The summed E-state index contributed by atoms with van der Waals surface area (Å²) in [7, 11) is 3.32. The van der Waals surface area contributed by atoms with Crippen LogP contribution in [0.2, 0.25) is 0 Å². The molecule has 0 aliphatic carbocycles. The Morgan fingerprint density at radius 3 is 2.48 bits per heavy atom. The summed E-state index contributed by atoms with van der Waals surface area (Å²) in [4.78, 5) is 0. The van der Waals surface area contributed by atoms with E-state index in [2.05, 4.69) is 31.3 Å². The van der Waals surface area contributed by atoms with Crippen LogP contribution < -0.4 is 14.8 Å². The zero-order chi connectivity index (χ0) is 18.5. The third-order valence-electron chi connectivity index (χ3n) is 5.12.